The maximum absolute atomic E-state index is 9.89. The third-order valence-corrected chi connectivity index (χ3v) is 3.02. The minimum Gasteiger partial charge on any atom is -0.387 e. The van der Waals surface area contributed by atoms with Gasteiger partial charge < -0.3 is 5.11 Å². The summed E-state index contributed by atoms with van der Waals surface area (Å²) >= 11 is 0. The van der Waals surface area contributed by atoms with E-state index in [4.69, 9.17) is 0 Å². The van der Waals surface area contributed by atoms with Crippen LogP contribution in [-0.4, -0.2) is 17.4 Å². The highest BCUT2D eigenvalue weighted by molar-refractivity contribution is 5.70. The second kappa shape index (κ2) is 6.87. The predicted octanol–water partition coefficient (Wildman–Crippen LogP) is 3.83. The first-order valence-corrected chi connectivity index (χ1v) is 6.81. The van der Waals surface area contributed by atoms with Gasteiger partial charge in [-0.15, -0.1) is 0 Å². The minimum atomic E-state index is -0.551. The van der Waals surface area contributed by atoms with Crippen molar-refractivity contribution in [2.75, 3.05) is 5.01 Å². The SMILES string of the molecule is CC(C)[C@H](O)/C=N/N(c1ccccc1)c1ccccc1. The van der Waals surface area contributed by atoms with Crippen molar-refractivity contribution in [1.82, 2.24) is 0 Å². The van der Waals surface area contributed by atoms with Gasteiger partial charge in [-0.05, 0) is 30.2 Å². The number of aliphatic hydroxyl groups is 1. The standard InChI is InChI=1S/C17H20N2O/c1-14(2)17(20)13-18-19(15-9-5-3-6-10-15)16-11-7-4-8-12-16/h3-14,17,20H,1-2H3/b18-13+/t17-/m1/s1. The van der Waals surface area contributed by atoms with Crippen molar-refractivity contribution < 1.29 is 5.11 Å². The molecular formula is C17H20N2O. The first-order chi connectivity index (χ1) is 9.68. The molecule has 2 aromatic rings. The van der Waals surface area contributed by atoms with Gasteiger partial charge in [-0.2, -0.15) is 5.10 Å². The Bertz CT molecular complexity index is 498. The van der Waals surface area contributed by atoms with E-state index in [-0.39, 0.29) is 5.92 Å². The van der Waals surface area contributed by atoms with Gasteiger partial charge in [0.25, 0.3) is 0 Å². The lowest BCUT2D eigenvalue weighted by Crippen LogP contribution is -2.19. The van der Waals surface area contributed by atoms with E-state index in [2.05, 4.69) is 5.10 Å². The van der Waals surface area contributed by atoms with E-state index in [0.29, 0.717) is 0 Å². The van der Waals surface area contributed by atoms with Crippen molar-refractivity contribution >= 4 is 17.6 Å². The summed E-state index contributed by atoms with van der Waals surface area (Å²) < 4.78 is 0. The fourth-order valence-corrected chi connectivity index (χ4v) is 1.73. The lowest BCUT2D eigenvalue weighted by atomic mass is 10.1. The largest absolute Gasteiger partial charge is 0.387 e. The summed E-state index contributed by atoms with van der Waals surface area (Å²) in [5, 5.41) is 16.2. The van der Waals surface area contributed by atoms with Crippen molar-refractivity contribution in [2.24, 2.45) is 11.0 Å². The molecule has 0 saturated carbocycles. The van der Waals surface area contributed by atoms with Crippen LogP contribution in [0.3, 0.4) is 0 Å². The van der Waals surface area contributed by atoms with Gasteiger partial charge in [-0.25, -0.2) is 5.01 Å². The van der Waals surface area contributed by atoms with Crippen molar-refractivity contribution in [3.8, 4) is 0 Å². The van der Waals surface area contributed by atoms with Crippen molar-refractivity contribution in [1.29, 1.82) is 0 Å². The van der Waals surface area contributed by atoms with Gasteiger partial charge in [0.05, 0.1) is 23.7 Å². The lowest BCUT2D eigenvalue weighted by Gasteiger charge is -2.20. The topological polar surface area (TPSA) is 35.8 Å². The summed E-state index contributed by atoms with van der Waals surface area (Å²) in [4.78, 5) is 0. The van der Waals surface area contributed by atoms with Gasteiger partial charge in [0, 0.05) is 0 Å². The van der Waals surface area contributed by atoms with E-state index in [1.165, 1.54) is 0 Å². The van der Waals surface area contributed by atoms with Gasteiger partial charge in [0.15, 0.2) is 0 Å². The lowest BCUT2D eigenvalue weighted by molar-refractivity contribution is 0.195. The molecule has 0 amide bonds. The first-order valence-electron chi connectivity index (χ1n) is 6.81. The molecule has 0 spiro atoms. The first kappa shape index (κ1) is 14.3. The summed E-state index contributed by atoms with van der Waals surface area (Å²) in [6.45, 7) is 3.93. The molecule has 0 aliphatic rings. The fourth-order valence-electron chi connectivity index (χ4n) is 1.73. The molecule has 0 bridgehead atoms. The van der Waals surface area contributed by atoms with Crippen LogP contribution in [0.5, 0.6) is 0 Å². The number of benzene rings is 2. The average Bonchev–Trinajstić information content (AvgIpc) is 2.49. The zero-order valence-electron chi connectivity index (χ0n) is 11.8. The maximum atomic E-state index is 9.89. The van der Waals surface area contributed by atoms with Crippen LogP contribution in [0.25, 0.3) is 0 Å². The zero-order valence-corrected chi connectivity index (χ0v) is 11.8. The van der Waals surface area contributed by atoms with Crippen LogP contribution < -0.4 is 5.01 Å². The van der Waals surface area contributed by atoms with Gasteiger partial charge in [-0.1, -0.05) is 50.2 Å². The molecule has 0 saturated heterocycles. The molecule has 0 fully saturated rings. The fraction of sp³-hybridized carbons (Fsp3) is 0.235. The molecule has 0 aliphatic heterocycles. The van der Waals surface area contributed by atoms with Crippen molar-refractivity contribution in [2.45, 2.75) is 20.0 Å². The number of para-hydroxylation sites is 2. The number of hydrogen-bond acceptors (Lipinski definition) is 3. The van der Waals surface area contributed by atoms with Crippen LogP contribution in [0, 0.1) is 5.92 Å². The molecule has 0 heterocycles. The van der Waals surface area contributed by atoms with E-state index in [0.717, 1.165) is 11.4 Å². The molecule has 0 aliphatic carbocycles. The molecule has 0 aromatic heterocycles. The van der Waals surface area contributed by atoms with Crippen molar-refractivity contribution in [3.05, 3.63) is 60.7 Å². The average molecular weight is 268 g/mol. The molecular weight excluding hydrogens is 248 g/mol. The highest BCUT2D eigenvalue weighted by Crippen LogP contribution is 2.25. The smallest absolute Gasteiger partial charge is 0.0931 e. The molecule has 1 N–H and O–H groups in total. The second-order valence-corrected chi connectivity index (χ2v) is 4.98. The summed E-state index contributed by atoms with van der Waals surface area (Å²) in [7, 11) is 0. The quantitative estimate of drug-likeness (QED) is 0.661. The summed E-state index contributed by atoms with van der Waals surface area (Å²) in [5.74, 6) is 0.146. The van der Waals surface area contributed by atoms with E-state index < -0.39 is 6.10 Å². The second-order valence-electron chi connectivity index (χ2n) is 4.98. The Kier molecular flexibility index (Phi) is 4.91. The van der Waals surface area contributed by atoms with E-state index in [9.17, 15) is 5.11 Å². The molecule has 3 heteroatoms. The zero-order chi connectivity index (χ0) is 14.4. The van der Waals surface area contributed by atoms with Crippen LogP contribution in [-0.2, 0) is 0 Å². The van der Waals surface area contributed by atoms with Crippen LogP contribution in [0.15, 0.2) is 65.8 Å². The number of hydrazone groups is 1. The Labute approximate surface area is 120 Å². The number of nitrogens with zero attached hydrogens (tertiary/aromatic N) is 2. The minimum absolute atomic E-state index is 0.146. The van der Waals surface area contributed by atoms with Crippen LogP contribution >= 0.6 is 0 Å². The molecule has 2 aromatic carbocycles. The van der Waals surface area contributed by atoms with Crippen LogP contribution in [0.2, 0.25) is 0 Å². The molecule has 0 radical (unpaired) electrons. The van der Waals surface area contributed by atoms with Gasteiger partial charge >= 0.3 is 0 Å². The highest BCUT2D eigenvalue weighted by Gasteiger charge is 2.09. The number of aliphatic hydroxyl groups excluding tert-OH is 1. The van der Waals surface area contributed by atoms with E-state index in [1.54, 1.807) is 6.21 Å². The van der Waals surface area contributed by atoms with E-state index in [1.807, 2.05) is 79.5 Å². The summed E-state index contributed by atoms with van der Waals surface area (Å²) in [6.07, 6.45) is 1.04. The van der Waals surface area contributed by atoms with Crippen molar-refractivity contribution in [3.63, 3.8) is 0 Å². The molecule has 104 valence electrons. The molecule has 3 nitrogen and oxygen atoms in total. The van der Waals surface area contributed by atoms with Gasteiger partial charge in [0.2, 0.25) is 0 Å². The van der Waals surface area contributed by atoms with Crippen LogP contribution in [0.4, 0.5) is 11.4 Å². The molecule has 0 unspecified atom stereocenters. The Balaban J connectivity index is 2.31. The summed E-state index contributed by atoms with van der Waals surface area (Å²) in [5.41, 5.74) is 1.93. The number of rotatable bonds is 5. The Morgan fingerprint density at radius 1 is 0.900 bits per heavy atom. The monoisotopic (exact) mass is 268 g/mol. The maximum Gasteiger partial charge on any atom is 0.0931 e. The Morgan fingerprint density at radius 3 is 1.75 bits per heavy atom. The number of hydrogen-bond donors (Lipinski definition) is 1. The summed E-state index contributed by atoms with van der Waals surface area (Å²) in [6, 6.07) is 19.8. The van der Waals surface area contributed by atoms with Crippen LogP contribution in [0.1, 0.15) is 13.8 Å². The van der Waals surface area contributed by atoms with E-state index >= 15 is 0 Å². The predicted molar refractivity (Wildman–Crippen MR) is 84.4 cm³/mol. The number of anilines is 2. The van der Waals surface area contributed by atoms with Gasteiger partial charge in [0.1, 0.15) is 0 Å². The highest BCUT2D eigenvalue weighted by atomic mass is 16.3. The Hall–Kier alpha value is -2.13. The Morgan fingerprint density at radius 2 is 1.35 bits per heavy atom. The normalized spacial score (nSPS) is 12.8. The van der Waals surface area contributed by atoms with Gasteiger partial charge in [-0.3, -0.25) is 0 Å². The third kappa shape index (κ3) is 3.68. The molecule has 1 atom stereocenters. The third-order valence-electron chi connectivity index (χ3n) is 3.02. The molecule has 20 heavy (non-hydrogen) atoms. The molecule has 2 rings (SSSR count).